The second-order valence-corrected chi connectivity index (χ2v) is 6.32. The van der Waals surface area contributed by atoms with Crippen molar-refractivity contribution in [2.75, 3.05) is 13.7 Å². The molecular weight excluding hydrogens is 374 g/mol. The predicted octanol–water partition coefficient (Wildman–Crippen LogP) is 3.05. The SMILES string of the molecule is CCOC(=O)C1CC(c2ccc(OC)cc2)N2C=C(Br)C=NC2=N1. The van der Waals surface area contributed by atoms with Gasteiger partial charge in [0.15, 0.2) is 6.04 Å². The molecule has 3 rings (SSSR count). The van der Waals surface area contributed by atoms with Gasteiger partial charge in [0.1, 0.15) is 5.75 Å². The number of carbonyl (C=O) groups is 1. The van der Waals surface area contributed by atoms with Crippen molar-refractivity contribution in [3.05, 3.63) is 40.5 Å². The summed E-state index contributed by atoms with van der Waals surface area (Å²) in [6.45, 7) is 2.13. The highest BCUT2D eigenvalue weighted by Gasteiger charge is 2.35. The van der Waals surface area contributed by atoms with Gasteiger partial charge in [-0.25, -0.2) is 14.8 Å². The summed E-state index contributed by atoms with van der Waals surface area (Å²) >= 11 is 3.45. The van der Waals surface area contributed by atoms with E-state index in [1.807, 2.05) is 35.4 Å². The molecule has 7 heteroatoms. The van der Waals surface area contributed by atoms with Crippen molar-refractivity contribution >= 4 is 34.1 Å². The molecule has 2 unspecified atom stereocenters. The summed E-state index contributed by atoms with van der Waals surface area (Å²) in [5.74, 6) is 0.995. The number of aliphatic imine (C=N–C) groups is 2. The quantitative estimate of drug-likeness (QED) is 0.739. The first-order valence-corrected chi connectivity index (χ1v) is 8.49. The van der Waals surface area contributed by atoms with Crippen LogP contribution in [-0.2, 0) is 9.53 Å². The van der Waals surface area contributed by atoms with Gasteiger partial charge in [0.2, 0.25) is 5.96 Å². The third kappa shape index (κ3) is 3.36. The fourth-order valence-corrected chi connectivity index (χ4v) is 3.09. The number of fused-ring (bicyclic) bond motifs is 1. The molecule has 0 fully saturated rings. The number of hydrogen-bond acceptors (Lipinski definition) is 6. The normalized spacial score (nSPS) is 22.4. The molecular formula is C17H18BrN3O3. The van der Waals surface area contributed by atoms with Gasteiger partial charge in [0, 0.05) is 18.8 Å². The number of guanidine groups is 1. The average Bonchev–Trinajstić information content (AvgIpc) is 2.61. The molecule has 0 N–H and O–H groups in total. The van der Waals surface area contributed by atoms with Gasteiger partial charge in [0.25, 0.3) is 0 Å². The lowest BCUT2D eigenvalue weighted by Gasteiger charge is -2.37. The minimum absolute atomic E-state index is 0.0530. The highest BCUT2D eigenvalue weighted by atomic mass is 79.9. The van der Waals surface area contributed by atoms with Gasteiger partial charge in [-0.1, -0.05) is 12.1 Å². The molecule has 0 saturated carbocycles. The topological polar surface area (TPSA) is 63.5 Å². The van der Waals surface area contributed by atoms with Crippen LogP contribution in [0, 0.1) is 0 Å². The number of methoxy groups -OCH3 is 1. The van der Waals surface area contributed by atoms with Gasteiger partial charge in [-0.3, -0.25) is 0 Å². The maximum Gasteiger partial charge on any atom is 0.331 e. The van der Waals surface area contributed by atoms with Crippen LogP contribution in [0.15, 0.2) is 44.9 Å². The van der Waals surface area contributed by atoms with E-state index in [1.54, 1.807) is 20.2 Å². The summed E-state index contributed by atoms with van der Waals surface area (Å²) in [5, 5.41) is 0. The Labute approximate surface area is 149 Å². The van der Waals surface area contributed by atoms with Crippen molar-refractivity contribution in [2.45, 2.75) is 25.4 Å². The largest absolute Gasteiger partial charge is 0.497 e. The minimum Gasteiger partial charge on any atom is -0.497 e. The lowest BCUT2D eigenvalue weighted by atomic mass is 9.96. The number of hydrogen-bond donors (Lipinski definition) is 0. The van der Waals surface area contributed by atoms with Crippen LogP contribution < -0.4 is 4.74 Å². The third-order valence-electron chi connectivity index (χ3n) is 3.91. The molecule has 126 valence electrons. The number of halogens is 1. The molecule has 0 aliphatic carbocycles. The number of allylic oxidation sites excluding steroid dienone is 1. The monoisotopic (exact) mass is 391 g/mol. The van der Waals surface area contributed by atoms with Gasteiger partial charge in [-0.2, -0.15) is 0 Å². The molecule has 0 amide bonds. The van der Waals surface area contributed by atoms with Crippen LogP contribution in [0.3, 0.4) is 0 Å². The second-order valence-electron chi connectivity index (χ2n) is 5.40. The molecule has 2 aliphatic heterocycles. The second kappa shape index (κ2) is 7.17. The molecule has 0 bridgehead atoms. The zero-order valence-electron chi connectivity index (χ0n) is 13.5. The Morgan fingerprint density at radius 3 is 2.79 bits per heavy atom. The molecule has 6 nitrogen and oxygen atoms in total. The van der Waals surface area contributed by atoms with Gasteiger partial charge in [-0.15, -0.1) is 0 Å². The Balaban J connectivity index is 1.95. The van der Waals surface area contributed by atoms with E-state index in [4.69, 9.17) is 9.47 Å². The van der Waals surface area contributed by atoms with Crippen LogP contribution in [0.25, 0.3) is 0 Å². The predicted molar refractivity (Wildman–Crippen MR) is 95.5 cm³/mol. The van der Waals surface area contributed by atoms with Crippen LogP contribution in [0.1, 0.15) is 24.9 Å². The van der Waals surface area contributed by atoms with Crippen molar-refractivity contribution in [2.24, 2.45) is 9.98 Å². The van der Waals surface area contributed by atoms with E-state index in [1.165, 1.54) is 0 Å². The standard InChI is InChI=1S/C17H18BrN3O3/c1-3-24-16(22)14-8-15(11-4-6-13(23-2)7-5-11)21-10-12(18)9-19-17(21)20-14/h4-7,9-10,14-15H,3,8H2,1-2H3. The number of benzene rings is 1. The Bertz CT molecular complexity index is 712. The number of nitrogens with zero attached hydrogens (tertiary/aromatic N) is 3. The van der Waals surface area contributed by atoms with Crippen molar-refractivity contribution in [3.63, 3.8) is 0 Å². The average molecular weight is 392 g/mol. The smallest absolute Gasteiger partial charge is 0.331 e. The highest BCUT2D eigenvalue weighted by molar-refractivity contribution is 9.12. The van der Waals surface area contributed by atoms with E-state index >= 15 is 0 Å². The van der Waals surface area contributed by atoms with Crippen molar-refractivity contribution < 1.29 is 14.3 Å². The number of rotatable bonds is 4. The Kier molecular flexibility index (Phi) is 4.99. The first kappa shape index (κ1) is 16.7. The molecule has 24 heavy (non-hydrogen) atoms. The molecule has 0 aromatic heterocycles. The third-order valence-corrected chi connectivity index (χ3v) is 4.32. The first-order chi connectivity index (χ1) is 11.6. The summed E-state index contributed by atoms with van der Waals surface area (Å²) in [4.78, 5) is 22.9. The van der Waals surface area contributed by atoms with E-state index in [-0.39, 0.29) is 12.0 Å². The Morgan fingerprint density at radius 1 is 1.38 bits per heavy atom. The summed E-state index contributed by atoms with van der Waals surface area (Å²) in [5.41, 5.74) is 1.06. The summed E-state index contributed by atoms with van der Waals surface area (Å²) in [6.07, 6.45) is 4.14. The fraction of sp³-hybridized carbons (Fsp3) is 0.353. The van der Waals surface area contributed by atoms with Crippen LogP contribution in [0.5, 0.6) is 5.75 Å². The van der Waals surface area contributed by atoms with Crippen molar-refractivity contribution in [1.82, 2.24) is 4.90 Å². The van der Waals surface area contributed by atoms with Gasteiger partial charge in [0.05, 0.1) is 24.2 Å². The molecule has 0 spiro atoms. The number of ether oxygens (including phenoxy) is 2. The van der Waals surface area contributed by atoms with E-state index in [9.17, 15) is 4.79 Å². The molecule has 2 heterocycles. The number of esters is 1. The van der Waals surface area contributed by atoms with Crippen LogP contribution >= 0.6 is 15.9 Å². The lowest BCUT2D eigenvalue weighted by molar-refractivity contribution is -0.145. The maximum absolute atomic E-state index is 12.2. The fourth-order valence-electron chi connectivity index (χ4n) is 2.77. The van der Waals surface area contributed by atoms with Gasteiger partial charge >= 0.3 is 5.97 Å². The summed E-state index contributed by atoms with van der Waals surface area (Å²) in [7, 11) is 1.64. The zero-order chi connectivity index (χ0) is 17.1. The molecule has 2 aliphatic rings. The Hall–Kier alpha value is -2.15. The molecule has 0 saturated heterocycles. The first-order valence-electron chi connectivity index (χ1n) is 7.70. The summed E-state index contributed by atoms with van der Waals surface area (Å²) in [6, 6.07) is 7.20. The van der Waals surface area contributed by atoms with Crippen molar-refractivity contribution in [3.8, 4) is 5.75 Å². The van der Waals surface area contributed by atoms with Crippen LogP contribution in [0.2, 0.25) is 0 Å². The zero-order valence-corrected chi connectivity index (χ0v) is 15.1. The summed E-state index contributed by atoms with van der Waals surface area (Å²) < 4.78 is 11.2. The van der Waals surface area contributed by atoms with Gasteiger partial charge < -0.3 is 14.4 Å². The minimum atomic E-state index is -0.550. The molecule has 1 aromatic rings. The lowest BCUT2D eigenvalue weighted by Crippen LogP contribution is -2.41. The highest BCUT2D eigenvalue weighted by Crippen LogP contribution is 2.34. The molecule has 0 radical (unpaired) electrons. The van der Waals surface area contributed by atoms with E-state index < -0.39 is 6.04 Å². The molecule has 2 atom stereocenters. The maximum atomic E-state index is 12.2. The van der Waals surface area contributed by atoms with Crippen LogP contribution in [0.4, 0.5) is 0 Å². The molecule has 1 aromatic carbocycles. The van der Waals surface area contributed by atoms with Crippen LogP contribution in [-0.4, -0.2) is 42.8 Å². The van der Waals surface area contributed by atoms with E-state index in [0.29, 0.717) is 19.0 Å². The Morgan fingerprint density at radius 2 is 2.12 bits per heavy atom. The van der Waals surface area contributed by atoms with E-state index in [0.717, 1.165) is 15.8 Å². The number of carbonyl (C=O) groups excluding carboxylic acids is 1. The van der Waals surface area contributed by atoms with Crippen molar-refractivity contribution in [1.29, 1.82) is 0 Å². The van der Waals surface area contributed by atoms with Gasteiger partial charge in [-0.05, 0) is 40.5 Å². The van der Waals surface area contributed by atoms with E-state index in [2.05, 4.69) is 25.9 Å².